The van der Waals surface area contributed by atoms with Crippen LogP contribution in [0, 0.1) is 0 Å². The van der Waals surface area contributed by atoms with Gasteiger partial charge in [-0.3, -0.25) is 9.78 Å². The quantitative estimate of drug-likeness (QED) is 0.680. The lowest BCUT2D eigenvalue weighted by Gasteiger charge is -2.05. The first kappa shape index (κ1) is 14.5. The van der Waals surface area contributed by atoms with E-state index in [1.165, 1.54) is 12.4 Å². The third-order valence-corrected chi connectivity index (χ3v) is 3.55. The molecule has 0 fully saturated rings. The smallest absolute Gasteiger partial charge is 0.348 e. The second-order valence-electron chi connectivity index (χ2n) is 3.73. The second kappa shape index (κ2) is 7.02. The Morgan fingerprint density at radius 2 is 2.00 bits per heavy atom. The lowest BCUT2D eigenvalue weighted by atomic mass is 10.2. The molecule has 5 nitrogen and oxygen atoms in total. The van der Waals surface area contributed by atoms with Gasteiger partial charge < -0.3 is 10.1 Å². The van der Waals surface area contributed by atoms with Gasteiger partial charge in [0.25, 0.3) is 5.91 Å². The molecule has 0 spiro atoms. The Balaban J connectivity index is 1.72. The molecule has 1 amide bonds. The highest BCUT2D eigenvalue weighted by atomic mass is 35.5. The Labute approximate surface area is 124 Å². The number of hydrogen-bond acceptors (Lipinski definition) is 5. The number of thiophene rings is 1. The summed E-state index contributed by atoms with van der Waals surface area (Å²) in [5.41, 5.74) is 0.511. The number of carbonyl (C=O) groups is 2. The maximum absolute atomic E-state index is 11.7. The highest BCUT2D eigenvalue weighted by molar-refractivity contribution is 7.17. The summed E-state index contributed by atoms with van der Waals surface area (Å²) < 4.78 is 5.54. The third-order valence-electron chi connectivity index (χ3n) is 2.34. The molecule has 2 aromatic heterocycles. The van der Waals surface area contributed by atoms with Crippen LogP contribution in [0.25, 0.3) is 0 Å². The molecule has 0 saturated carbocycles. The number of esters is 1. The molecule has 0 aromatic carbocycles. The zero-order valence-corrected chi connectivity index (χ0v) is 11.9. The van der Waals surface area contributed by atoms with Gasteiger partial charge in [0.1, 0.15) is 11.5 Å². The normalized spacial score (nSPS) is 10.1. The van der Waals surface area contributed by atoms with Gasteiger partial charge in [-0.1, -0.05) is 11.6 Å². The number of nitrogens with zero attached hydrogens (tertiary/aromatic N) is 1. The first-order valence-corrected chi connectivity index (χ1v) is 6.97. The number of amides is 1. The maximum atomic E-state index is 11.7. The van der Waals surface area contributed by atoms with Crippen LogP contribution in [0.2, 0.25) is 4.34 Å². The van der Waals surface area contributed by atoms with Crippen molar-refractivity contribution in [1.29, 1.82) is 0 Å². The minimum Gasteiger partial charge on any atom is -0.460 e. The predicted molar refractivity (Wildman–Crippen MR) is 76.2 cm³/mol. The number of ether oxygens (including phenoxy) is 1. The minimum absolute atomic E-state index is 0.102. The van der Waals surface area contributed by atoms with Crippen LogP contribution in [-0.2, 0) is 4.74 Å². The van der Waals surface area contributed by atoms with Crippen molar-refractivity contribution in [2.75, 3.05) is 13.2 Å². The summed E-state index contributed by atoms with van der Waals surface area (Å²) in [6, 6.07) is 6.45. The summed E-state index contributed by atoms with van der Waals surface area (Å²) >= 11 is 6.88. The van der Waals surface area contributed by atoms with Gasteiger partial charge in [-0.05, 0) is 24.3 Å². The van der Waals surface area contributed by atoms with Gasteiger partial charge >= 0.3 is 5.97 Å². The van der Waals surface area contributed by atoms with Crippen LogP contribution in [-0.4, -0.2) is 30.0 Å². The zero-order chi connectivity index (χ0) is 14.4. The summed E-state index contributed by atoms with van der Waals surface area (Å²) in [6.07, 6.45) is 3.07. The predicted octanol–water partition coefficient (Wildman–Crippen LogP) is 2.38. The number of pyridine rings is 1. The summed E-state index contributed by atoms with van der Waals surface area (Å²) in [4.78, 5) is 27.5. The highest BCUT2D eigenvalue weighted by Gasteiger charge is 2.10. The summed E-state index contributed by atoms with van der Waals surface area (Å²) in [5.74, 6) is -0.678. The molecule has 0 aliphatic carbocycles. The van der Waals surface area contributed by atoms with E-state index in [1.54, 1.807) is 24.3 Å². The number of hydrogen-bond donors (Lipinski definition) is 1. The average molecular weight is 311 g/mol. The molecular weight excluding hydrogens is 300 g/mol. The van der Waals surface area contributed by atoms with Crippen LogP contribution in [0.3, 0.4) is 0 Å². The fourth-order valence-electron chi connectivity index (χ4n) is 1.41. The number of nitrogens with one attached hydrogen (secondary N) is 1. The lowest BCUT2D eigenvalue weighted by molar-refractivity contribution is 0.0509. The molecule has 0 aliphatic rings. The van der Waals surface area contributed by atoms with Crippen LogP contribution in [0.4, 0.5) is 0 Å². The molecule has 0 bridgehead atoms. The largest absolute Gasteiger partial charge is 0.460 e. The monoisotopic (exact) mass is 310 g/mol. The number of aromatic nitrogens is 1. The van der Waals surface area contributed by atoms with Gasteiger partial charge in [0.05, 0.1) is 10.9 Å². The van der Waals surface area contributed by atoms with E-state index in [-0.39, 0.29) is 19.1 Å². The Hall–Kier alpha value is -1.92. The molecule has 104 valence electrons. The van der Waals surface area contributed by atoms with Gasteiger partial charge in [0.15, 0.2) is 0 Å². The SMILES string of the molecule is O=C(NCCOC(=O)c1ccc(Cl)s1)c1ccncc1. The highest BCUT2D eigenvalue weighted by Crippen LogP contribution is 2.21. The van der Waals surface area contributed by atoms with Crippen LogP contribution in [0.1, 0.15) is 20.0 Å². The summed E-state index contributed by atoms with van der Waals surface area (Å²) in [6.45, 7) is 0.344. The molecular formula is C13H11ClN2O3S. The van der Waals surface area contributed by atoms with E-state index in [2.05, 4.69) is 10.3 Å². The zero-order valence-electron chi connectivity index (χ0n) is 10.3. The van der Waals surface area contributed by atoms with E-state index in [4.69, 9.17) is 16.3 Å². The van der Waals surface area contributed by atoms with E-state index < -0.39 is 5.97 Å². The first-order chi connectivity index (χ1) is 9.66. The van der Waals surface area contributed by atoms with Gasteiger partial charge in [0, 0.05) is 18.0 Å². The number of carbonyl (C=O) groups excluding carboxylic acids is 2. The minimum atomic E-state index is -0.444. The average Bonchev–Trinajstić information content (AvgIpc) is 2.91. The van der Waals surface area contributed by atoms with Crippen molar-refractivity contribution in [2.24, 2.45) is 0 Å². The summed E-state index contributed by atoms with van der Waals surface area (Å²) in [5, 5.41) is 2.64. The van der Waals surface area contributed by atoms with Crippen molar-refractivity contribution in [2.45, 2.75) is 0 Å². The van der Waals surface area contributed by atoms with Gasteiger partial charge in [-0.2, -0.15) is 0 Å². The molecule has 0 saturated heterocycles. The molecule has 0 unspecified atom stereocenters. The van der Waals surface area contributed by atoms with E-state index in [9.17, 15) is 9.59 Å². The first-order valence-electron chi connectivity index (χ1n) is 5.77. The summed E-state index contributed by atoms with van der Waals surface area (Å²) in [7, 11) is 0. The standard InChI is InChI=1S/C13H11ClN2O3S/c14-11-2-1-10(20-11)13(18)19-8-7-16-12(17)9-3-5-15-6-4-9/h1-6H,7-8H2,(H,16,17). The molecule has 20 heavy (non-hydrogen) atoms. The molecule has 0 atom stereocenters. The van der Waals surface area contributed by atoms with E-state index in [0.29, 0.717) is 14.8 Å². The molecule has 0 aliphatic heterocycles. The molecule has 2 rings (SSSR count). The second-order valence-corrected chi connectivity index (χ2v) is 5.45. The topological polar surface area (TPSA) is 68.3 Å². The van der Waals surface area contributed by atoms with Crippen molar-refractivity contribution < 1.29 is 14.3 Å². The molecule has 0 radical (unpaired) electrons. The van der Waals surface area contributed by atoms with E-state index in [0.717, 1.165) is 11.3 Å². The van der Waals surface area contributed by atoms with Gasteiger partial charge in [0.2, 0.25) is 0 Å². The van der Waals surface area contributed by atoms with E-state index in [1.807, 2.05) is 0 Å². The third kappa shape index (κ3) is 4.04. The van der Waals surface area contributed by atoms with Crippen molar-refractivity contribution in [1.82, 2.24) is 10.3 Å². The fraction of sp³-hybridized carbons (Fsp3) is 0.154. The molecule has 2 heterocycles. The van der Waals surface area contributed by atoms with Crippen LogP contribution < -0.4 is 5.32 Å². The van der Waals surface area contributed by atoms with Gasteiger partial charge in [-0.15, -0.1) is 11.3 Å². The Morgan fingerprint density at radius 1 is 1.25 bits per heavy atom. The lowest BCUT2D eigenvalue weighted by Crippen LogP contribution is -2.27. The molecule has 2 aromatic rings. The molecule has 1 N–H and O–H groups in total. The number of rotatable bonds is 5. The van der Waals surface area contributed by atoms with Crippen LogP contribution >= 0.6 is 22.9 Å². The Bertz CT molecular complexity index is 601. The van der Waals surface area contributed by atoms with Crippen molar-refractivity contribution in [3.8, 4) is 0 Å². The molecule has 7 heteroatoms. The van der Waals surface area contributed by atoms with Crippen LogP contribution in [0.15, 0.2) is 36.7 Å². The van der Waals surface area contributed by atoms with Crippen LogP contribution in [0.5, 0.6) is 0 Å². The Morgan fingerprint density at radius 3 is 2.65 bits per heavy atom. The fourth-order valence-corrected chi connectivity index (χ4v) is 2.35. The van der Waals surface area contributed by atoms with Crippen molar-refractivity contribution in [3.05, 3.63) is 51.4 Å². The van der Waals surface area contributed by atoms with Crippen molar-refractivity contribution in [3.63, 3.8) is 0 Å². The Kier molecular flexibility index (Phi) is 5.09. The van der Waals surface area contributed by atoms with E-state index >= 15 is 0 Å². The number of halogens is 1. The maximum Gasteiger partial charge on any atom is 0.348 e. The van der Waals surface area contributed by atoms with Gasteiger partial charge in [-0.25, -0.2) is 4.79 Å². The van der Waals surface area contributed by atoms with Crippen molar-refractivity contribution >= 4 is 34.8 Å².